The fraction of sp³-hybridized carbons (Fsp3) is 0.727. The summed E-state index contributed by atoms with van der Waals surface area (Å²) in [5, 5.41) is 7.99. The minimum Gasteiger partial charge on any atom is -0.314 e. The number of rotatable bonds is 3. The Hall–Kier alpha value is -0.830. The van der Waals surface area contributed by atoms with Crippen molar-refractivity contribution in [2.75, 3.05) is 6.54 Å². The Morgan fingerprint density at radius 1 is 1.57 bits per heavy atom. The standard InChI is InChI=1S/C11H19N3/c1-3-12-10-5-4-9(8-10)11-6-7-14(2)13-11/h6-7,9-10,12H,3-5,8H2,1-2H3. The third kappa shape index (κ3) is 1.98. The summed E-state index contributed by atoms with van der Waals surface area (Å²) in [4.78, 5) is 0. The van der Waals surface area contributed by atoms with Crippen LogP contribution in [0.5, 0.6) is 0 Å². The lowest BCUT2D eigenvalue weighted by atomic mass is 10.0. The van der Waals surface area contributed by atoms with Crippen LogP contribution in [0.1, 0.15) is 37.8 Å². The van der Waals surface area contributed by atoms with Crippen LogP contribution in [0.3, 0.4) is 0 Å². The molecule has 0 aromatic carbocycles. The molecule has 78 valence electrons. The highest BCUT2D eigenvalue weighted by atomic mass is 15.2. The predicted molar refractivity (Wildman–Crippen MR) is 57.3 cm³/mol. The normalized spacial score (nSPS) is 27.0. The van der Waals surface area contributed by atoms with Gasteiger partial charge in [0.15, 0.2) is 0 Å². The van der Waals surface area contributed by atoms with Crippen molar-refractivity contribution in [2.45, 2.75) is 38.1 Å². The summed E-state index contributed by atoms with van der Waals surface area (Å²) in [7, 11) is 1.99. The summed E-state index contributed by atoms with van der Waals surface area (Å²) < 4.78 is 1.90. The van der Waals surface area contributed by atoms with Crippen LogP contribution in [-0.4, -0.2) is 22.4 Å². The first-order chi connectivity index (χ1) is 6.79. The number of hydrogen-bond acceptors (Lipinski definition) is 2. The van der Waals surface area contributed by atoms with Crippen molar-refractivity contribution in [3.05, 3.63) is 18.0 Å². The highest BCUT2D eigenvalue weighted by Crippen LogP contribution is 2.33. The minimum atomic E-state index is 0.681. The predicted octanol–water partition coefficient (Wildman–Crippen LogP) is 1.67. The smallest absolute Gasteiger partial charge is 0.0655 e. The summed E-state index contributed by atoms with van der Waals surface area (Å²) in [6.45, 7) is 3.26. The van der Waals surface area contributed by atoms with Gasteiger partial charge in [-0.1, -0.05) is 6.92 Å². The molecule has 3 nitrogen and oxygen atoms in total. The zero-order valence-corrected chi connectivity index (χ0v) is 9.03. The maximum atomic E-state index is 4.48. The lowest BCUT2D eigenvalue weighted by molar-refractivity contribution is 0.532. The van der Waals surface area contributed by atoms with Crippen molar-refractivity contribution in [2.24, 2.45) is 7.05 Å². The van der Waals surface area contributed by atoms with E-state index in [2.05, 4.69) is 23.4 Å². The van der Waals surface area contributed by atoms with E-state index in [1.54, 1.807) is 0 Å². The van der Waals surface area contributed by atoms with Crippen LogP contribution in [0.2, 0.25) is 0 Å². The molecule has 2 unspecified atom stereocenters. The second-order valence-corrected chi connectivity index (χ2v) is 4.18. The SMILES string of the molecule is CCNC1CCC(c2ccn(C)n2)C1. The van der Waals surface area contributed by atoms with Gasteiger partial charge >= 0.3 is 0 Å². The Balaban J connectivity index is 1.95. The molecule has 1 saturated carbocycles. The van der Waals surface area contributed by atoms with Gasteiger partial charge in [-0.3, -0.25) is 4.68 Å². The van der Waals surface area contributed by atoms with Crippen molar-refractivity contribution in [3.63, 3.8) is 0 Å². The molecule has 2 atom stereocenters. The fourth-order valence-electron chi connectivity index (χ4n) is 2.37. The van der Waals surface area contributed by atoms with Crippen molar-refractivity contribution in [3.8, 4) is 0 Å². The molecule has 14 heavy (non-hydrogen) atoms. The molecule has 0 spiro atoms. The lowest BCUT2D eigenvalue weighted by Gasteiger charge is -2.10. The first-order valence-corrected chi connectivity index (χ1v) is 5.52. The third-order valence-corrected chi connectivity index (χ3v) is 3.08. The average Bonchev–Trinajstić information content (AvgIpc) is 2.74. The molecule has 0 bridgehead atoms. The minimum absolute atomic E-state index is 0.681. The van der Waals surface area contributed by atoms with Gasteiger partial charge in [0.1, 0.15) is 0 Å². The molecule has 1 fully saturated rings. The molecule has 2 rings (SSSR count). The molecule has 1 N–H and O–H groups in total. The van der Waals surface area contributed by atoms with Gasteiger partial charge in [0.2, 0.25) is 0 Å². The van der Waals surface area contributed by atoms with Gasteiger partial charge in [-0.25, -0.2) is 0 Å². The highest BCUT2D eigenvalue weighted by Gasteiger charge is 2.26. The molecule has 1 aliphatic rings. The van der Waals surface area contributed by atoms with Crippen LogP contribution in [0.4, 0.5) is 0 Å². The van der Waals surface area contributed by atoms with Crippen LogP contribution >= 0.6 is 0 Å². The van der Waals surface area contributed by atoms with E-state index in [4.69, 9.17) is 0 Å². The summed E-state index contributed by atoms with van der Waals surface area (Å²) in [5.74, 6) is 0.681. The van der Waals surface area contributed by atoms with Gasteiger partial charge in [-0.05, 0) is 31.9 Å². The molecule has 3 heteroatoms. The van der Waals surface area contributed by atoms with Crippen LogP contribution in [0.15, 0.2) is 12.3 Å². The Kier molecular flexibility index (Phi) is 2.87. The van der Waals surface area contributed by atoms with E-state index in [0.29, 0.717) is 12.0 Å². The monoisotopic (exact) mass is 193 g/mol. The number of nitrogens with zero attached hydrogens (tertiary/aromatic N) is 2. The molecular weight excluding hydrogens is 174 g/mol. The summed E-state index contributed by atoms with van der Waals surface area (Å²) in [6, 6.07) is 2.87. The topological polar surface area (TPSA) is 29.9 Å². The number of aryl methyl sites for hydroxylation is 1. The molecule has 1 heterocycles. The van der Waals surface area contributed by atoms with Gasteiger partial charge in [-0.2, -0.15) is 5.10 Å². The van der Waals surface area contributed by atoms with E-state index in [-0.39, 0.29) is 0 Å². The summed E-state index contributed by atoms with van der Waals surface area (Å²) in [5.41, 5.74) is 1.27. The molecule has 0 aliphatic heterocycles. The van der Waals surface area contributed by atoms with Gasteiger partial charge in [0.05, 0.1) is 5.69 Å². The highest BCUT2D eigenvalue weighted by molar-refractivity contribution is 5.09. The van der Waals surface area contributed by atoms with E-state index in [1.807, 2.05) is 17.9 Å². The van der Waals surface area contributed by atoms with Crippen LogP contribution < -0.4 is 5.32 Å². The summed E-state index contributed by atoms with van der Waals surface area (Å²) >= 11 is 0. The first kappa shape index (κ1) is 9.71. The van der Waals surface area contributed by atoms with E-state index < -0.39 is 0 Å². The largest absolute Gasteiger partial charge is 0.314 e. The van der Waals surface area contributed by atoms with Gasteiger partial charge in [0.25, 0.3) is 0 Å². The zero-order valence-electron chi connectivity index (χ0n) is 9.03. The molecule has 0 saturated heterocycles. The first-order valence-electron chi connectivity index (χ1n) is 5.52. The van der Waals surface area contributed by atoms with Gasteiger partial charge in [-0.15, -0.1) is 0 Å². The third-order valence-electron chi connectivity index (χ3n) is 3.08. The van der Waals surface area contributed by atoms with Gasteiger partial charge in [0, 0.05) is 25.2 Å². The van der Waals surface area contributed by atoms with Crippen LogP contribution in [0.25, 0.3) is 0 Å². The quantitative estimate of drug-likeness (QED) is 0.791. The lowest BCUT2D eigenvalue weighted by Crippen LogP contribution is -2.25. The molecule has 0 radical (unpaired) electrons. The number of aromatic nitrogens is 2. The molecular formula is C11H19N3. The average molecular weight is 193 g/mol. The number of nitrogens with one attached hydrogen (secondary N) is 1. The molecule has 1 aromatic rings. The Morgan fingerprint density at radius 2 is 2.43 bits per heavy atom. The maximum Gasteiger partial charge on any atom is 0.0655 e. The van der Waals surface area contributed by atoms with Crippen LogP contribution in [0, 0.1) is 0 Å². The van der Waals surface area contributed by atoms with Crippen molar-refractivity contribution in [1.82, 2.24) is 15.1 Å². The fourth-order valence-corrected chi connectivity index (χ4v) is 2.37. The molecule has 0 amide bonds. The Bertz CT molecular complexity index is 292. The number of hydrogen-bond donors (Lipinski definition) is 1. The van der Waals surface area contributed by atoms with Gasteiger partial charge < -0.3 is 5.32 Å². The van der Waals surface area contributed by atoms with E-state index >= 15 is 0 Å². The van der Waals surface area contributed by atoms with Crippen molar-refractivity contribution < 1.29 is 0 Å². The van der Waals surface area contributed by atoms with E-state index in [1.165, 1.54) is 25.0 Å². The van der Waals surface area contributed by atoms with E-state index in [0.717, 1.165) is 6.54 Å². The van der Waals surface area contributed by atoms with Crippen molar-refractivity contribution in [1.29, 1.82) is 0 Å². The Labute approximate surface area is 85.5 Å². The van der Waals surface area contributed by atoms with E-state index in [9.17, 15) is 0 Å². The Morgan fingerprint density at radius 3 is 3.07 bits per heavy atom. The second kappa shape index (κ2) is 4.13. The summed E-state index contributed by atoms with van der Waals surface area (Å²) in [6.07, 6.45) is 5.88. The van der Waals surface area contributed by atoms with Crippen LogP contribution in [-0.2, 0) is 7.05 Å². The molecule has 1 aliphatic carbocycles. The maximum absolute atomic E-state index is 4.48. The molecule has 1 aromatic heterocycles. The zero-order chi connectivity index (χ0) is 9.97. The second-order valence-electron chi connectivity index (χ2n) is 4.18. The van der Waals surface area contributed by atoms with Crippen molar-refractivity contribution >= 4 is 0 Å².